The van der Waals surface area contributed by atoms with Gasteiger partial charge in [0.1, 0.15) is 22.0 Å². The average molecular weight is 662 g/mol. The Morgan fingerprint density at radius 2 is 1.67 bits per heavy atom. The normalized spacial score (nSPS) is 16.5. The van der Waals surface area contributed by atoms with Gasteiger partial charge in [0.05, 0.1) is 18.7 Å². The minimum atomic E-state index is -0.596. The van der Waals surface area contributed by atoms with Crippen LogP contribution < -0.4 is 4.74 Å². The first-order chi connectivity index (χ1) is 21.9. The van der Waals surface area contributed by atoms with Crippen LogP contribution >= 0.6 is 22.9 Å². The highest BCUT2D eigenvalue weighted by atomic mass is 35.5. The number of hydrogen-bond donors (Lipinski definition) is 0. The van der Waals surface area contributed by atoms with Crippen LogP contribution in [0.3, 0.4) is 0 Å². The van der Waals surface area contributed by atoms with Crippen molar-refractivity contribution in [2.45, 2.75) is 70.7 Å². The van der Waals surface area contributed by atoms with Gasteiger partial charge in [0.15, 0.2) is 5.69 Å². The molecule has 0 aliphatic heterocycles. The molecule has 5 rings (SSSR count). The van der Waals surface area contributed by atoms with E-state index in [9.17, 15) is 14.0 Å². The van der Waals surface area contributed by atoms with Crippen LogP contribution in [0.1, 0.15) is 61.7 Å². The lowest BCUT2D eigenvalue weighted by Gasteiger charge is -2.40. The van der Waals surface area contributed by atoms with Crippen molar-refractivity contribution in [3.05, 3.63) is 93.4 Å². The number of thiophene rings is 1. The van der Waals surface area contributed by atoms with Crippen LogP contribution in [0, 0.1) is 12.4 Å². The number of rotatable bonds is 7. The van der Waals surface area contributed by atoms with Crippen LogP contribution in [0.15, 0.2) is 60.7 Å². The van der Waals surface area contributed by atoms with E-state index in [0.29, 0.717) is 46.7 Å². The van der Waals surface area contributed by atoms with Crippen LogP contribution in [0.2, 0.25) is 5.02 Å². The Hall–Kier alpha value is -4.13. The summed E-state index contributed by atoms with van der Waals surface area (Å²) in [6.07, 6.45) is 2.31. The van der Waals surface area contributed by atoms with Crippen molar-refractivity contribution in [2.75, 3.05) is 14.2 Å². The summed E-state index contributed by atoms with van der Waals surface area (Å²) in [5.41, 5.74) is 2.62. The Balaban J connectivity index is 1.47. The number of nitrogens with zero attached hydrogens (tertiary/aromatic N) is 3. The Morgan fingerprint density at radius 1 is 1.02 bits per heavy atom. The zero-order valence-electron chi connectivity index (χ0n) is 26.6. The summed E-state index contributed by atoms with van der Waals surface area (Å²) in [5.74, 6) is -0.108. The van der Waals surface area contributed by atoms with Crippen LogP contribution in [0.25, 0.3) is 26.1 Å². The second-order valence-corrected chi connectivity index (χ2v) is 14.0. The number of amides is 2. The van der Waals surface area contributed by atoms with E-state index in [2.05, 4.69) is 4.85 Å². The summed E-state index contributed by atoms with van der Waals surface area (Å²) in [7, 11) is 3.35. The summed E-state index contributed by atoms with van der Waals surface area (Å²) >= 11 is 7.89. The van der Waals surface area contributed by atoms with Gasteiger partial charge in [0.2, 0.25) is 0 Å². The number of carbonyl (C=O) groups excluding carboxylic acids is 2. The minimum absolute atomic E-state index is 0.0265. The second kappa shape index (κ2) is 13.7. The van der Waals surface area contributed by atoms with Gasteiger partial charge in [-0.2, -0.15) is 0 Å². The third-order valence-corrected chi connectivity index (χ3v) is 9.98. The van der Waals surface area contributed by atoms with Crippen LogP contribution in [-0.2, 0) is 11.3 Å². The van der Waals surface area contributed by atoms with E-state index >= 15 is 0 Å². The largest absolute Gasteiger partial charge is 0.496 e. The Kier molecular flexibility index (Phi) is 9.90. The SMILES string of the molecule is [C-]#[N+]c1ccc(-c2ccc(OC)c(CN(C(=O)c3sc4cccc(F)c4c3Cl)[C@H]3CC[C@H](N(C)C(=O)OC(C)(C)C)CC3)c2)cc1. The van der Waals surface area contributed by atoms with Crippen molar-refractivity contribution in [3.8, 4) is 16.9 Å². The Bertz CT molecular complexity index is 1790. The number of fused-ring (bicyclic) bond motifs is 1. The molecule has 1 heterocycles. The van der Waals surface area contributed by atoms with Crippen LogP contribution in [0.4, 0.5) is 14.9 Å². The van der Waals surface area contributed by atoms with E-state index < -0.39 is 11.4 Å². The first-order valence-corrected chi connectivity index (χ1v) is 16.4. The number of benzene rings is 3. The average Bonchev–Trinajstić information content (AvgIpc) is 3.39. The number of halogens is 2. The molecule has 0 N–H and O–H groups in total. The van der Waals surface area contributed by atoms with E-state index in [1.165, 1.54) is 17.4 Å². The molecule has 10 heteroatoms. The fraction of sp³-hybridized carbons (Fsp3) is 0.361. The van der Waals surface area contributed by atoms with Crippen molar-refractivity contribution >= 4 is 50.7 Å². The van der Waals surface area contributed by atoms with Gasteiger partial charge in [-0.1, -0.05) is 48.0 Å². The molecule has 2 amide bonds. The molecule has 0 unspecified atom stereocenters. The van der Waals surface area contributed by atoms with Gasteiger partial charge in [0.25, 0.3) is 5.91 Å². The predicted molar refractivity (Wildman–Crippen MR) is 181 cm³/mol. The molecule has 46 heavy (non-hydrogen) atoms. The molecular formula is C36H37ClFN3O4S. The van der Waals surface area contributed by atoms with Crippen molar-refractivity contribution < 1.29 is 23.5 Å². The maximum absolute atomic E-state index is 14.8. The third kappa shape index (κ3) is 7.14. The van der Waals surface area contributed by atoms with Crippen molar-refractivity contribution in [1.82, 2.24) is 9.80 Å². The Labute approximate surface area is 278 Å². The van der Waals surface area contributed by atoms with Crippen molar-refractivity contribution in [1.29, 1.82) is 0 Å². The van der Waals surface area contributed by atoms with E-state index in [1.54, 1.807) is 43.3 Å². The zero-order valence-corrected chi connectivity index (χ0v) is 28.2. The summed E-state index contributed by atoms with van der Waals surface area (Å²) in [6.45, 7) is 13.0. The minimum Gasteiger partial charge on any atom is -0.496 e. The summed E-state index contributed by atoms with van der Waals surface area (Å²) < 4.78 is 26.7. The molecule has 0 radical (unpaired) electrons. The lowest BCUT2D eigenvalue weighted by atomic mass is 9.89. The number of carbonyl (C=O) groups is 2. The quantitative estimate of drug-likeness (QED) is 0.185. The van der Waals surface area contributed by atoms with Gasteiger partial charge in [-0.05, 0) is 81.8 Å². The van der Waals surface area contributed by atoms with Gasteiger partial charge in [-0.25, -0.2) is 14.0 Å². The van der Waals surface area contributed by atoms with Crippen LogP contribution in [0.5, 0.6) is 5.75 Å². The molecule has 1 saturated carbocycles. The number of methoxy groups -OCH3 is 1. The standard InChI is InChI=1S/C36H37ClFN3O4S/c1-36(2,3)45-35(43)40(5)26-15-17-27(18-16-26)41(34(42)33-32(37)31-28(38)8-7-9-30(31)46-33)21-24-20-23(12-19-29(24)44-6)22-10-13-25(39-4)14-11-22/h7-14,19-20,26-27H,15-18,21H2,1-3,5-6H3/t26-,27-. The maximum atomic E-state index is 14.8. The highest BCUT2D eigenvalue weighted by Gasteiger charge is 2.35. The summed E-state index contributed by atoms with van der Waals surface area (Å²) in [5, 5.41) is 0.370. The molecule has 3 aromatic carbocycles. The molecule has 0 atom stereocenters. The van der Waals surface area contributed by atoms with Gasteiger partial charge in [0, 0.05) is 41.3 Å². The summed E-state index contributed by atoms with van der Waals surface area (Å²) in [4.78, 5) is 34.5. The zero-order chi connectivity index (χ0) is 33.2. The predicted octanol–water partition coefficient (Wildman–Crippen LogP) is 9.74. The lowest BCUT2D eigenvalue weighted by Crippen LogP contribution is -2.47. The molecular weight excluding hydrogens is 625 g/mol. The highest BCUT2D eigenvalue weighted by molar-refractivity contribution is 7.21. The van der Waals surface area contributed by atoms with Gasteiger partial charge in [-0.3, -0.25) is 4.79 Å². The molecule has 0 spiro atoms. The topological polar surface area (TPSA) is 63.4 Å². The fourth-order valence-electron chi connectivity index (χ4n) is 5.94. The molecule has 7 nitrogen and oxygen atoms in total. The van der Waals surface area contributed by atoms with Gasteiger partial charge < -0.3 is 19.3 Å². The maximum Gasteiger partial charge on any atom is 0.410 e. The van der Waals surface area contributed by atoms with Gasteiger partial charge >= 0.3 is 6.09 Å². The second-order valence-electron chi connectivity index (χ2n) is 12.5. The molecule has 0 bridgehead atoms. The molecule has 240 valence electrons. The highest BCUT2D eigenvalue weighted by Crippen LogP contribution is 2.40. The summed E-state index contributed by atoms with van der Waals surface area (Å²) in [6, 6.07) is 17.7. The molecule has 1 aliphatic carbocycles. The smallest absolute Gasteiger partial charge is 0.410 e. The molecule has 1 fully saturated rings. The molecule has 1 aromatic heterocycles. The molecule has 0 saturated heterocycles. The first-order valence-electron chi connectivity index (χ1n) is 15.2. The van der Waals surface area contributed by atoms with E-state index in [0.717, 1.165) is 16.7 Å². The fourth-order valence-corrected chi connectivity index (χ4v) is 7.45. The van der Waals surface area contributed by atoms with E-state index in [4.69, 9.17) is 27.6 Å². The van der Waals surface area contributed by atoms with Crippen molar-refractivity contribution in [2.24, 2.45) is 0 Å². The van der Waals surface area contributed by atoms with Gasteiger partial charge in [-0.15, -0.1) is 11.3 Å². The number of hydrogen-bond acceptors (Lipinski definition) is 5. The monoisotopic (exact) mass is 661 g/mol. The Morgan fingerprint density at radius 3 is 2.28 bits per heavy atom. The molecule has 4 aromatic rings. The van der Waals surface area contributed by atoms with E-state index in [1.807, 2.05) is 56.0 Å². The number of ether oxygens (including phenoxy) is 2. The third-order valence-electron chi connectivity index (χ3n) is 8.35. The molecule has 1 aliphatic rings. The van der Waals surface area contributed by atoms with Crippen LogP contribution in [-0.4, -0.2) is 53.6 Å². The van der Waals surface area contributed by atoms with Crippen molar-refractivity contribution in [3.63, 3.8) is 0 Å². The lowest BCUT2D eigenvalue weighted by molar-refractivity contribution is 0.0144. The van der Waals surface area contributed by atoms with E-state index in [-0.39, 0.29) is 41.0 Å². The first kappa shape index (κ1) is 33.2.